The Morgan fingerprint density at radius 3 is 2.29 bits per heavy atom. The molecule has 0 bridgehead atoms. The third-order valence-electron chi connectivity index (χ3n) is 10.9. The van der Waals surface area contributed by atoms with Crippen molar-refractivity contribution >= 4 is 0 Å². The van der Waals surface area contributed by atoms with Gasteiger partial charge in [0.2, 0.25) is 0 Å². The summed E-state index contributed by atoms with van der Waals surface area (Å²) in [7, 11) is 0. The van der Waals surface area contributed by atoms with Gasteiger partial charge < -0.3 is 5.73 Å². The van der Waals surface area contributed by atoms with Crippen molar-refractivity contribution in [3.05, 3.63) is 0 Å². The van der Waals surface area contributed by atoms with Crippen molar-refractivity contribution in [2.45, 2.75) is 118 Å². The smallest absolute Gasteiger partial charge is 0.00418 e. The predicted octanol–water partition coefficient (Wildman–Crippen LogP) is 7.44. The Balaban J connectivity index is 1.46. The first-order valence-corrected chi connectivity index (χ1v) is 13.0. The molecular weight excluding hydrogens is 338 g/mol. The van der Waals surface area contributed by atoms with Gasteiger partial charge in [0.05, 0.1) is 0 Å². The zero-order valence-electron chi connectivity index (χ0n) is 19.7. The molecule has 162 valence electrons. The van der Waals surface area contributed by atoms with Crippen LogP contribution in [-0.4, -0.2) is 6.04 Å². The number of rotatable bonds is 5. The SMILES string of the molecule is CC(C)CCC[C@@H](C)[C@H]1CC[C@H]2[C@@H]3CC[C@H]4C[C@@H](N)CC[C@]4(C)[C@H]3CC[C@]12C. The van der Waals surface area contributed by atoms with Crippen LogP contribution in [0.25, 0.3) is 0 Å². The second kappa shape index (κ2) is 7.90. The van der Waals surface area contributed by atoms with Crippen LogP contribution in [0.1, 0.15) is 112 Å². The fraction of sp³-hybridized carbons (Fsp3) is 1.00. The Morgan fingerprint density at radius 2 is 1.54 bits per heavy atom. The summed E-state index contributed by atoms with van der Waals surface area (Å²) in [6.07, 6.45) is 17.5. The molecule has 4 saturated carbocycles. The van der Waals surface area contributed by atoms with Gasteiger partial charge in [-0.15, -0.1) is 0 Å². The monoisotopic (exact) mass is 387 g/mol. The van der Waals surface area contributed by atoms with Crippen LogP contribution in [0.15, 0.2) is 0 Å². The normalized spacial score (nSPS) is 49.4. The molecule has 1 heteroatoms. The molecule has 0 unspecified atom stereocenters. The lowest BCUT2D eigenvalue weighted by Gasteiger charge is -2.61. The van der Waals surface area contributed by atoms with E-state index in [-0.39, 0.29) is 0 Å². The van der Waals surface area contributed by atoms with E-state index in [1.807, 2.05) is 0 Å². The topological polar surface area (TPSA) is 26.0 Å². The van der Waals surface area contributed by atoms with Crippen molar-refractivity contribution in [2.75, 3.05) is 0 Å². The van der Waals surface area contributed by atoms with Crippen molar-refractivity contribution in [3.63, 3.8) is 0 Å². The molecule has 2 N–H and O–H groups in total. The molecule has 1 nitrogen and oxygen atoms in total. The van der Waals surface area contributed by atoms with Gasteiger partial charge in [-0.3, -0.25) is 0 Å². The standard InChI is InChI=1S/C27H49N/c1-18(2)7-6-8-19(3)23-11-12-24-22-10-9-20-17-21(28)13-15-26(20,4)25(22)14-16-27(23,24)5/h18-25H,6-17,28H2,1-5H3/t19-,20+,21+,22+,23-,24+,25+,26+,27-/m1/s1. The Kier molecular flexibility index (Phi) is 5.98. The minimum absolute atomic E-state index is 0.492. The zero-order chi connectivity index (χ0) is 20.1. The molecular formula is C27H49N. The maximum Gasteiger partial charge on any atom is 0.00418 e. The summed E-state index contributed by atoms with van der Waals surface area (Å²) >= 11 is 0. The van der Waals surface area contributed by atoms with E-state index in [4.69, 9.17) is 5.73 Å². The first-order valence-electron chi connectivity index (χ1n) is 13.0. The molecule has 28 heavy (non-hydrogen) atoms. The average molecular weight is 388 g/mol. The van der Waals surface area contributed by atoms with Crippen LogP contribution in [-0.2, 0) is 0 Å². The number of nitrogens with two attached hydrogens (primary N) is 1. The summed E-state index contributed by atoms with van der Waals surface area (Å²) in [5.74, 6) is 6.79. The summed E-state index contributed by atoms with van der Waals surface area (Å²) in [5.41, 5.74) is 7.64. The van der Waals surface area contributed by atoms with Gasteiger partial charge in [-0.1, -0.05) is 53.9 Å². The lowest BCUT2D eigenvalue weighted by Crippen LogP contribution is -2.54. The van der Waals surface area contributed by atoms with Gasteiger partial charge in [-0.2, -0.15) is 0 Å². The molecule has 4 rings (SSSR count). The molecule has 0 aromatic heterocycles. The summed E-state index contributed by atoms with van der Waals surface area (Å²) < 4.78 is 0. The Bertz CT molecular complexity index is 540. The summed E-state index contributed by atoms with van der Waals surface area (Å²) in [5, 5.41) is 0. The minimum Gasteiger partial charge on any atom is -0.328 e. The van der Waals surface area contributed by atoms with E-state index in [1.165, 1.54) is 77.0 Å². The number of fused-ring (bicyclic) bond motifs is 5. The average Bonchev–Trinajstić information content (AvgIpc) is 2.99. The first-order chi connectivity index (χ1) is 13.3. The van der Waals surface area contributed by atoms with E-state index in [9.17, 15) is 0 Å². The highest BCUT2D eigenvalue weighted by Crippen LogP contribution is 2.68. The minimum atomic E-state index is 0.492. The molecule has 0 radical (unpaired) electrons. The van der Waals surface area contributed by atoms with Gasteiger partial charge in [-0.05, 0) is 110 Å². The fourth-order valence-electron chi connectivity index (χ4n) is 9.32. The first kappa shape index (κ1) is 21.2. The highest BCUT2D eigenvalue weighted by Gasteiger charge is 2.60. The van der Waals surface area contributed by atoms with Crippen molar-refractivity contribution < 1.29 is 0 Å². The highest BCUT2D eigenvalue weighted by molar-refractivity contribution is 5.09. The fourth-order valence-corrected chi connectivity index (χ4v) is 9.32. The quantitative estimate of drug-likeness (QED) is 0.521. The van der Waals surface area contributed by atoms with Crippen molar-refractivity contribution in [2.24, 2.45) is 58.0 Å². The molecule has 0 spiro atoms. The van der Waals surface area contributed by atoms with E-state index >= 15 is 0 Å². The van der Waals surface area contributed by atoms with E-state index in [0.29, 0.717) is 16.9 Å². The summed E-state index contributed by atoms with van der Waals surface area (Å²) in [6.45, 7) is 12.8. The Hall–Kier alpha value is -0.0400. The maximum atomic E-state index is 6.39. The maximum absolute atomic E-state index is 6.39. The highest BCUT2D eigenvalue weighted by atomic mass is 14.7. The Morgan fingerprint density at radius 1 is 0.821 bits per heavy atom. The Labute approximate surface area is 176 Å². The van der Waals surface area contributed by atoms with Gasteiger partial charge in [0.1, 0.15) is 0 Å². The second-order valence-electron chi connectivity index (χ2n) is 12.7. The molecule has 4 fully saturated rings. The van der Waals surface area contributed by atoms with Gasteiger partial charge in [0.25, 0.3) is 0 Å². The summed E-state index contributed by atoms with van der Waals surface area (Å²) in [4.78, 5) is 0. The molecule has 4 aliphatic rings. The van der Waals surface area contributed by atoms with E-state index in [2.05, 4.69) is 34.6 Å². The van der Waals surface area contributed by atoms with Gasteiger partial charge in [0.15, 0.2) is 0 Å². The summed E-state index contributed by atoms with van der Waals surface area (Å²) in [6, 6.07) is 0.492. The van der Waals surface area contributed by atoms with Gasteiger partial charge in [0, 0.05) is 6.04 Å². The van der Waals surface area contributed by atoms with E-state index in [1.54, 1.807) is 0 Å². The van der Waals surface area contributed by atoms with Crippen molar-refractivity contribution in [3.8, 4) is 0 Å². The lowest BCUT2D eigenvalue weighted by molar-refractivity contribution is -0.116. The third-order valence-corrected chi connectivity index (χ3v) is 10.9. The number of hydrogen-bond acceptors (Lipinski definition) is 1. The van der Waals surface area contributed by atoms with Crippen LogP contribution in [0, 0.1) is 52.3 Å². The second-order valence-corrected chi connectivity index (χ2v) is 12.7. The predicted molar refractivity (Wildman–Crippen MR) is 121 cm³/mol. The van der Waals surface area contributed by atoms with Crippen molar-refractivity contribution in [1.82, 2.24) is 0 Å². The van der Waals surface area contributed by atoms with Crippen LogP contribution in [0.5, 0.6) is 0 Å². The van der Waals surface area contributed by atoms with Crippen LogP contribution in [0.2, 0.25) is 0 Å². The third kappa shape index (κ3) is 3.50. The van der Waals surface area contributed by atoms with Crippen LogP contribution >= 0.6 is 0 Å². The van der Waals surface area contributed by atoms with Crippen LogP contribution in [0.3, 0.4) is 0 Å². The van der Waals surface area contributed by atoms with Crippen LogP contribution in [0.4, 0.5) is 0 Å². The van der Waals surface area contributed by atoms with Crippen LogP contribution < -0.4 is 5.73 Å². The molecule has 0 amide bonds. The zero-order valence-corrected chi connectivity index (χ0v) is 19.7. The molecule has 0 saturated heterocycles. The largest absolute Gasteiger partial charge is 0.328 e. The van der Waals surface area contributed by atoms with Gasteiger partial charge >= 0.3 is 0 Å². The molecule has 0 aliphatic heterocycles. The lowest BCUT2D eigenvalue weighted by atomic mass is 9.44. The van der Waals surface area contributed by atoms with E-state index in [0.717, 1.165) is 41.4 Å². The number of hydrogen-bond donors (Lipinski definition) is 1. The van der Waals surface area contributed by atoms with E-state index < -0.39 is 0 Å². The molecule has 0 aromatic carbocycles. The molecule has 9 atom stereocenters. The molecule has 0 heterocycles. The van der Waals surface area contributed by atoms with Gasteiger partial charge in [-0.25, -0.2) is 0 Å². The molecule has 4 aliphatic carbocycles. The molecule has 0 aromatic rings. The van der Waals surface area contributed by atoms with Crippen molar-refractivity contribution in [1.29, 1.82) is 0 Å².